The van der Waals surface area contributed by atoms with Gasteiger partial charge < -0.3 is 5.32 Å². The molecule has 0 spiro atoms. The zero-order chi connectivity index (χ0) is 22.6. The number of sulfonamides is 1. The van der Waals surface area contributed by atoms with Gasteiger partial charge >= 0.3 is 0 Å². The molecule has 1 aromatic carbocycles. The van der Waals surface area contributed by atoms with Gasteiger partial charge in [-0.15, -0.1) is 23.2 Å². The number of carbonyl (C=O) groups is 2. The highest BCUT2D eigenvalue weighted by Gasteiger charge is 2.34. The molecule has 11 heteroatoms. The van der Waals surface area contributed by atoms with E-state index >= 15 is 0 Å². The lowest BCUT2D eigenvalue weighted by atomic mass is 9.90. The van der Waals surface area contributed by atoms with Crippen molar-refractivity contribution in [3.8, 4) is 0 Å². The molecule has 2 aliphatic rings. The van der Waals surface area contributed by atoms with Crippen LogP contribution in [0.25, 0.3) is 0 Å². The number of alkyl halides is 2. The number of carbonyl (C=O) groups excluding carboxylic acids is 2. The molecule has 1 heterocycles. The van der Waals surface area contributed by atoms with E-state index in [-0.39, 0.29) is 18.0 Å². The first-order chi connectivity index (χ1) is 14.7. The quantitative estimate of drug-likeness (QED) is 0.508. The number of hydrazine groups is 1. The van der Waals surface area contributed by atoms with E-state index in [1.807, 2.05) is 0 Å². The second kappa shape index (κ2) is 10.5. The molecule has 3 N–H and O–H groups in total. The van der Waals surface area contributed by atoms with Crippen molar-refractivity contribution in [2.45, 2.75) is 54.7 Å². The van der Waals surface area contributed by atoms with Crippen LogP contribution in [0.2, 0.25) is 0 Å². The van der Waals surface area contributed by atoms with Gasteiger partial charge in [0.15, 0.2) is 0 Å². The van der Waals surface area contributed by atoms with Gasteiger partial charge in [-0.3, -0.25) is 14.6 Å². The van der Waals surface area contributed by atoms with Crippen molar-refractivity contribution in [2.75, 3.05) is 25.0 Å². The molecular weight excluding hydrogens is 463 g/mol. The van der Waals surface area contributed by atoms with E-state index in [1.165, 1.54) is 12.5 Å². The van der Waals surface area contributed by atoms with E-state index in [0.717, 1.165) is 30.7 Å². The van der Waals surface area contributed by atoms with Crippen LogP contribution in [0.3, 0.4) is 0 Å². The zero-order valence-corrected chi connectivity index (χ0v) is 19.7. The standard InChI is InChI=1S/C20H28Cl2N4O4S/c1-13-7-8-15(25-18(27)12-26-20(28)19(22)16(21)11-23-26)9-17(13)31(29,30)24-10-14-5-3-2-4-6-14/h7-9,14,16,19,23-24H,2-6,10-12H2,1H3,(H,25,27). The van der Waals surface area contributed by atoms with Gasteiger partial charge in [-0.25, -0.2) is 18.6 Å². The number of hydrogen-bond acceptors (Lipinski definition) is 5. The minimum Gasteiger partial charge on any atom is -0.324 e. The van der Waals surface area contributed by atoms with Crippen LogP contribution in [-0.4, -0.2) is 55.6 Å². The van der Waals surface area contributed by atoms with Gasteiger partial charge in [0.25, 0.3) is 5.91 Å². The average molecular weight is 491 g/mol. The first kappa shape index (κ1) is 24.3. The number of rotatable bonds is 7. The molecule has 1 saturated carbocycles. The van der Waals surface area contributed by atoms with Gasteiger partial charge in [0.2, 0.25) is 15.9 Å². The predicted molar refractivity (Wildman–Crippen MR) is 121 cm³/mol. The first-order valence-corrected chi connectivity index (χ1v) is 12.8. The number of nitrogens with zero attached hydrogens (tertiary/aromatic N) is 1. The highest BCUT2D eigenvalue weighted by Crippen LogP contribution is 2.25. The first-order valence-electron chi connectivity index (χ1n) is 10.4. The second-order valence-electron chi connectivity index (χ2n) is 8.09. The Kier molecular flexibility index (Phi) is 8.20. The van der Waals surface area contributed by atoms with Crippen molar-refractivity contribution in [3.05, 3.63) is 23.8 Å². The van der Waals surface area contributed by atoms with E-state index in [2.05, 4.69) is 15.5 Å². The number of hydrogen-bond donors (Lipinski definition) is 3. The van der Waals surface area contributed by atoms with Crippen LogP contribution in [0.5, 0.6) is 0 Å². The lowest BCUT2D eigenvalue weighted by Gasteiger charge is -2.32. The van der Waals surface area contributed by atoms with Crippen LogP contribution in [0.4, 0.5) is 5.69 Å². The number of benzene rings is 1. The Morgan fingerprint density at radius 1 is 1.23 bits per heavy atom. The monoisotopic (exact) mass is 490 g/mol. The molecule has 1 aliphatic carbocycles. The van der Waals surface area contributed by atoms with Crippen LogP contribution in [0.15, 0.2) is 23.1 Å². The molecule has 2 unspecified atom stereocenters. The lowest BCUT2D eigenvalue weighted by Crippen LogP contribution is -2.58. The maximum Gasteiger partial charge on any atom is 0.256 e. The molecule has 2 amide bonds. The largest absolute Gasteiger partial charge is 0.324 e. The molecule has 0 aromatic heterocycles. The Bertz CT molecular complexity index is 922. The molecular formula is C20H28Cl2N4O4S. The number of nitrogens with one attached hydrogen (secondary N) is 3. The van der Waals surface area contributed by atoms with Crippen LogP contribution in [0.1, 0.15) is 37.7 Å². The molecule has 1 aliphatic heterocycles. The Morgan fingerprint density at radius 3 is 2.65 bits per heavy atom. The van der Waals surface area contributed by atoms with Crippen molar-refractivity contribution < 1.29 is 18.0 Å². The molecule has 2 fully saturated rings. The maximum atomic E-state index is 12.8. The van der Waals surface area contributed by atoms with Gasteiger partial charge in [0, 0.05) is 18.8 Å². The molecule has 172 valence electrons. The third kappa shape index (κ3) is 6.32. The van der Waals surface area contributed by atoms with Gasteiger partial charge in [-0.05, 0) is 43.4 Å². The molecule has 0 bridgehead atoms. The third-order valence-electron chi connectivity index (χ3n) is 5.65. The van der Waals surface area contributed by atoms with Crippen molar-refractivity contribution in [3.63, 3.8) is 0 Å². The van der Waals surface area contributed by atoms with Crippen molar-refractivity contribution >= 4 is 50.7 Å². The van der Waals surface area contributed by atoms with Crippen LogP contribution < -0.4 is 15.5 Å². The number of aryl methyl sites for hydroxylation is 1. The SMILES string of the molecule is Cc1ccc(NC(=O)CN2NCC(Cl)C(Cl)C2=O)cc1S(=O)(=O)NCC1CCCCC1. The fourth-order valence-corrected chi connectivity index (χ4v) is 5.59. The van der Waals surface area contributed by atoms with E-state index < -0.39 is 32.6 Å². The van der Waals surface area contributed by atoms with E-state index in [4.69, 9.17) is 23.2 Å². The minimum absolute atomic E-state index is 0.124. The molecule has 8 nitrogen and oxygen atoms in total. The highest BCUT2D eigenvalue weighted by molar-refractivity contribution is 7.89. The lowest BCUT2D eigenvalue weighted by molar-refractivity contribution is -0.139. The van der Waals surface area contributed by atoms with Crippen LogP contribution >= 0.6 is 23.2 Å². The van der Waals surface area contributed by atoms with E-state index in [1.54, 1.807) is 19.1 Å². The van der Waals surface area contributed by atoms with E-state index in [9.17, 15) is 18.0 Å². The summed E-state index contributed by atoms with van der Waals surface area (Å²) in [4.78, 5) is 24.7. The second-order valence-corrected chi connectivity index (χ2v) is 10.9. The molecule has 3 rings (SSSR count). The molecule has 0 radical (unpaired) electrons. The normalized spacial score (nSPS) is 23.1. The van der Waals surface area contributed by atoms with Crippen molar-refractivity contribution in [1.29, 1.82) is 0 Å². The number of halogens is 2. The van der Waals surface area contributed by atoms with Gasteiger partial charge in [-0.2, -0.15) is 0 Å². The Labute approximate surface area is 193 Å². The summed E-state index contributed by atoms with van der Waals surface area (Å²) < 4.78 is 28.4. The highest BCUT2D eigenvalue weighted by atomic mass is 35.5. The zero-order valence-electron chi connectivity index (χ0n) is 17.4. The Morgan fingerprint density at radius 2 is 1.94 bits per heavy atom. The van der Waals surface area contributed by atoms with Gasteiger partial charge in [-0.1, -0.05) is 25.3 Å². The molecule has 2 atom stereocenters. The van der Waals surface area contributed by atoms with E-state index in [0.29, 0.717) is 23.7 Å². The van der Waals surface area contributed by atoms with Gasteiger partial charge in [0.05, 0.1) is 10.3 Å². The summed E-state index contributed by atoms with van der Waals surface area (Å²) in [6.45, 7) is 2.11. The summed E-state index contributed by atoms with van der Waals surface area (Å²) in [5.41, 5.74) is 3.67. The number of amides is 2. The number of anilines is 1. The average Bonchev–Trinajstić information content (AvgIpc) is 2.75. The predicted octanol–water partition coefficient (Wildman–Crippen LogP) is 2.35. The Balaban J connectivity index is 1.63. The Hall–Kier alpha value is -1.39. The maximum absolute atomic E-state index is 12.8. The topological polar surface area (TPSA) is 108 Å². The third-order valence-corrected chi connectivity index (χ3v) is 8.24. The molecule has 1 saturated heterocycles. The molecule has 31 heavy (non-hydrogen) atoms. The van der Waals surface area contributed by atoms with Crippen LogP contribution in [0, 0.1) is 12.8 Å². The smallest absolute Gasteiger partial charge is 0.256 e. The summed E-state index contributed by atoms with van der Waals surface area (Å²) in [6.07, 6.45) is 5.55. The molecule has 1 aromatic rings. The summed E-state index contributed by atoms with van der Waals surface area (Å²) in [5.74, 6) is -0.609. The van der Waals surface area contributed by atoms with Gasteiger partial charge in [0.1, 0.15) is 11.9 Å². The summed E-state index contributed by atoms with van der Waals surface area (Å²) in [6, 6.07) is 4.70. The fourth-order valence-electron chi connectivity index (χ4n) is 3.82. The van der Waals surface area contributed by atoms with Crippen molar-refractivity contribution in [1.82, 2.24) is 15.2 Å². The summed E-state index contributed by atoms with van der Waals surface area (Å²) >= 11 is 11.9. The fraction of sp³-hybridized carbons (Fsp3) is 0.600. The minimum atomic E-state index is -3.71. The van der Waals surface area contributed by atoms with Crippen LogP contribution in [-0.2, 0) is 19.6 Å². The summed E-state index contributed by atoms with van der Waals surface area (Å²) in [7, 11) is -3.71. The van der Waals surface area contributed by atoms with Crippen molar-refractivity contribution in [2.24, 2.45) is 5.92 Å². The summed E-state index contributed by atoms with van der Waals surface area (Å²) in [5, 5.41) is 2.28.